The van der Waals surface area contributed by atoms with Crippen LogP contribution >= 0.6 is 0 Å². The van der Waals surface area contributed by atoms with Crippen molar-refractivity contribution < 1.29 is 0 Å². The minimum atomic E-state index is 0.0348. The predicted molar refractivity (Wildman–Crippen MR) is 93.2 cm³/mol. The molecule has 3 heterocycles. The maximum Gasteiger partial charge on any atom is 0.134 e. The first-order valence-electron chi connectivity index (χ1n) is 8.32. The molecule has 2 atom stereocenters. The molecule has 1 aliphatic carbocycles. The summed E-state index contributed by atoms with van der Waals surface area (Å²) in [6.07, 6.45) is 11.5. The first-order valence-corrected chi connectivity index (χ1v) is 8.32. The minimum Gasteiger partial charge on any atom is -0.307 e. The highest BCUT2D eigenvalue weighted by Gasteiger charge is 2.57. The van der Waals surface area contributed by atoms with Crippen molar-refractivity contribution in [3.8, 4) is 11.3 Å². The molecule has 120 valence electrons. The van der Waals surface area contributed by atoms with Gasteiger partial charge in [0.1, 0.15) is 5.82 Å². The van der Waals surface area contributed by atoms with Gasteiger partial charge in [0, 0.05) is 23.9 Å². The summed E-state index contributed by atoms with van der Waals surface area (Å²) in [6, 6.07) is 10.4. The van der Waals surface area contributed by atoms with E-state index in [1.165, 1.54) is 5.56 Å². The van der Waals surface area contributed by atoms with E-state index in [1.54, 1.807) is 0 Å². The lowest BCUT2D eigenvalue weighted by molar-refractivity contribution is 0.509. The maximum atomic E-state index is 4.70. The predicted octanol–water partition coefficient (Wildman–Crippen LogP) is 2.71. The summed E-state index contributed by atoms with van der Waals surface area (Å²) in [5, 5.41) is 7.98. The SMILES string of the molecule is CNC12CC1C=Cn1c(-c3cnn(Cc4ccccc4)c3)cnc12. The van der Waals surface area contributed by atoms with E-state index in [9.17, 15) is 0 Å². The van der Waals surface area contributed by atoms with Crippen molar-refractivity contribution in [3.05, 3.63) is 66.4 Å². The number of benzene rings is 1. The zero-order valence-corrected chi connectivity index (χ0v) is 13.6. The van der Waals surface area contributed by atoms with E-state index in [4.69, 9.17) is 4.98 Å². The quantitative estimate of drug-likeness (QED) is 0.805. The fourth-order valence-electron chi connectivity index (χ4n) is 3.77. The van der Waals surface area contributed by atoms with Gasteiger partial charge in [-0.3, -0.25) is 4.68 Å². The zero-order chi connectivity index (χ0) is 16.1. The van der Waals surface area contributed by atoms with E-state index in [1.807, 2.05) is 30.2 Å². The highest BCUT2D eigenvalue weighted by atomic mass is 15.3. The molecule has 1 aliphatic heterocycles. The van der Waals surface area contributed by atoms with E-state index < -0.39 is 0 Å². The number of aromatic nitrogens is 4. The molecule has 5 rings (SSSR count). The summed E-state index contributed by atoms with van der Waals surface area (Å²) in [6.45, 7) is 0.778. The van der Waals surface area contributed by atoms with Crippen LogP contribution in [0.5, 0.6) is 0 Å². The molecule has 0 saturated heterocycles. The maximum absolute atomic E-state index is 4.70. The summed E-state index contributed by atoms with van der Waals surface area (Å²) < 4.78 is 4.18. The number of hydrogen-bond acceptors (Lipinski definition) is 3. The lowest BCUT2D eigenvalue weighted by Crippen LogP contribution is -2.31. The van der Waals surface area contributed by atoms with Gasteiger partial charge in [-0.15, -0.1) is 0 Å². The molecule has 5 heteroatoms. The van der Waals surface area contributed by atoms with Crippen molar-refractivity contribution in [1.29, 1.82) is 0 Å². The van der Waals surface area contributed by atoms with Gasteiger partial charge in [-0.1, -0.05) is 36.4 Å². The smallest absolute Gasteiger partial charge is 0.134 e. The van der Waals surface area contributed by atoms with Gasteiger partial charge < -0.3 is 9.88 Å². The molecular formula is C19H19N5. The third-order valence-electron chi connectivity index (χ3n) is 5.24. The molecule has 2 unspecified atom stereocenters. The van der Waals surface area contributed by atoms with Crippen molar-refractivity contribution >= 4 is 6.20 Å². The molecule has 2 aromatic heterocycles. The fraction of sp³-hybridized carbons (Fsp3) is 0.263. The minimum absolute atomic E-state index is 0.0348. The highest BCUT2D eigenvalue weighted by molar-refractivity contribution is 5.63. The Hall–Kier alpha value is -2.66. The van der Waals surface area contributed by atoms with Crippen LogP contribution in [0.25, 0.3) is 17.5 Å². The number of imidazole rings is 1. The van der Waals surface area contributed by atoms with Gasteiger partial charge in [-0.2, -0.15) is 5.10 Å². The van der Waals surface area contributed by atoms with E-state index >= 15 is 0 Å². The number of rotatable bonds is 4. The van der Waals surface area contributed by atoms with Crippen molar-refractivity contribution in [2.45, 2.75) is 18.5 Å². The molecule has 2 aliphatic rings. The van der Waals surface area contributed by atoms with Crippen molar-refractivity contribution in [1.82, 2.24) is 24.6 Å². The van der Waals surface area contributed by atoms with E-state index in [0.717, 1.165) is 30.0 Å². The number of fused-ring (bicyclic) bond motifs is 3. The summed E-state index contributed by atoms with van der Waals surface area (Å²) in [5.74, 6) is 1.69. The average Bonchev–Trinajstić information content (AvgIpc) is 2.95. The van der Waals surface area contributed by atoms with Crippen LogP contribution in [0.3, 0.4) is 0 Å². The van der Waals surface area contributed by atoms with Gasteiger partial charge in [0.05, 0.1) is 30.2 Å². The second kappa shape index (κ2) is 4.92. The molecular weight excluding hydrogens is 298 g/mol. The van der Waals surface area contributed by atoms with Gasteiger partial charge in [-0.25, -0.2) is 4.98 Å². The van der Waals surface area contributed by atoms with Crippen LogP contribution in [0.15, 0.2) is 55.0 Å². The topological polar surface area (TPSA) is 47.7 Å². The molecule has 1 saturated carbocycles. The molecule has 1 N–H and O–H groups in total. The number of hydrogen-bond donors (Lipinski definition) is 1. The fourth-order valence-corrected chi connectivity index (χ4v) is 3.77. The molecule has 0 bridgehead atoms. The average molecular weight is 317 g/mol. The van der Waals surface area contributed by atoms with Gasteiger partial charge in [0.25, 0.3) is 0 Å². The van der Waals surface area contributed by atoms with Crippen molar-refractivity contribution in [3.63, 3.8) is 0 Å². The summed E-state index contributed by atoms with van der Waals surface area (Å²) >= 11 is 0. The van der Waals surface area contributed by atoms with Crippen LogP contribution < -0.4 is 5.32 Å². The Morgan fingerprint density at radius 1 is 1.25 bits per heavy atom. The lowest BCUT2D eigenvalue weighted by atomic mass is 10.1. The highest BCUT2D eigenvalue weighted by Crippen LogP contribution is 2.54. The first kappa shape index (κ1) is 13.7. The van der Waals surface area contributed by atoms with E-state index in [0.29, 0.717) is 5.92 Å². The second-order valence-electron chi connectivity index (χ2n) is 6.62. The molecule has 0 spiro atoms. The van der Waals surface area contributed by atoms with Crippen molar-refractivity contribution in [2.24, 2.45) is 5.92 Å². The van der Waals surface area contributed by atoms with Gasteiger partial charge in [0.15, 0.2) is 0 Å². The molecule has 0 radical (unpaired) electrons. The standard InChI is InChI=1S/C19H19N5/c1-20-19-9-16(19)7-8-24-17(11-21-18(19)24)15-10-22-23(13-15)12-14-5-3-2-4-6-14/h2-8,10-11,13,16,20H,9,12H2,1H3. The Morgan fingerprint density at radius 3 is 2.96 bits per heavy atom. The van der Waals surface area contributed by atoms with Crippen molar-refractivity contribution in [2.75, 3.05) is 7.05 Å². The number of nitrogens with one attached hydrogen (secondary N) is 1. The third kappa shape index (κ3) is 1.91. The zero-order valence-electron chi connectivity index (χ0n) is 13.6. The second-order valence-corrected chi connectivity index (χ2v) is 6.62. The van der Waals surface area contributed by atoms with Crippen LogP contribution in [0.1, 0.15) is 17.8 Å². The lowest BCUT2D eigenvalue weighted by Gasteiger charge is -2.20. The molecule has 24 heavy (non-hydrogen) atoms. The monoisotopic (exact) mass is 317 g/mol. The molecule has 0 amide bonds. The summed E-state index contributed by atoms with van der Waals surface area (Å²) in [7, 11) is 2.02. The Kier molecular flexibility index (Phi) is 2.82. The van der Waals surface area contributed by atoms with Crippen LogP contribution in [0.4, 0.5) is 0 Å². The van der Waals surface area contributed by atoms with Gasteiger partial charge >= 0.3 is 0 Å². The third-order valence-corrected chi connectivity index (χ3v) is 5.24. The van der Waals surface area contributed by atoms with Gasteiger partial charge in [0.2, 0.25) is 0 Å². The first-order chi connectivity index (χ1) is 11.8. The van der Waals surface area contributed by atoms with Crippen LogP contribution in [0, 0.1) is 5.92 Å². The van der Waals surface area contributed by atoms with Crippen LogP contribution in [0.2, 0.25) is 0 Å². The number of nitrogens with zero attached hydrogens (tertiary/aromatic N) is 4. The molecule has 1 aromatic carbocycles. The van der Waals surface area contributed by atoms with E-state index in [2.05, 4.69) is 57.7 Å². The Balaban J connectivity index is 1.48. The van der Waals surface area contributed by atoms with E-state index in [-0.39, 0.29) is 5.54 Å². The summed E-state index contributed by atoms with van der Waals surface area (Å²) in [5.41, 5.74) is 3.48. The van der Waals surface area contributed by atoms with Crippen LogP contribution in [-0.4, -0.2) is 26.4 Å². The normalized spacial score (nSPS) is 23.8. The molecule has 3 aromatic rings. The Morgan fingerprint density at radius 2 is 2.12 bits per heavy atom. The molecule has 5 nitrogen and oxygen atoms in total. The largest absolute Gasteiger partial charge is 0.307 e. The van der Waals surface area contributed by atoms with Crippen LogP contribution in [-0.2, 0) is 12.1 Å². The molecule has 1 fully saturated rings. The Labute approximate surface area is 140 Å². The summed E-state index contributed by atoms with van der Waals surface area (Å²) in [4.78, 5) is 4.70. The van der Waals surface area contributed by atoms with Gasteiger partial charge in [-0.05, 0) is 19.0 Å². The Bertz CT molecular complexity index is 920.